The summed E-state index contributed by atoms with van der Waals surface area (Å²) in [7, 11) is 3.85. The van der Waals surface area contributed by atoms with Gasteiger partial charge in [0.15, 0.2) is 5.09 Å². The topological polar surface area (TPSA) is 57.8 Å². The van der Waals surface area contributed by atoms with Crippen molar-refractivity contribution in [2.45, 2.75) is 16.9 Å². The summed E-state index contributed by atoms with van der Waals surface area (Å²) in [6, 6.07) is 17.4. The minimum Gasteiger partial charge on any atom is -0.447 e. The van der Waals surface area contributed by atoms with E-state index < -0.39 is 0 Å². The molecule has 0 aliphatic rings. The van der Waals surface area contributed by atoms with Crippen molar-refractivity contribution in [2.75, 3.05) is 19.0 Å². The fourth-order valence-electron chi connectivity index (χ4n) is 2.36. The average molecular weight is 458 g/mol. The Morgan fingerprint density at radius 3 is 2.64 bits per heavy atom. The zero-order valence-electron chi connectivity index (χ0n) is 15.8. The van der Waals surface area contributed by atoms with Crippen molar-refractivity contribution in [1.29, 1.82) is 0 Å². The number of hydrogen-bond donors (Lipinski definition) is 1. The van der Waals surface area contributed by atoms with E-state index >= 15 is 0 Å². The predicted molar refractivity (Wildman–Crippen MR) is 118 cm³/mol. The highest BCUT2D eigenvalue weighted by Gasteiger charge is 2.10. The van der Waals surface area contributed by atoms with E-state index in [1.165, 1.54) is 23.5 Å². The van der Waals surface area contributed by atoms with Crippen LogP contribution >= 0.6 is 27.7 Å². The van der Waals surface area contributed by atoms with Crippen molar-refractivity contribution in [3.05, 3.63) is 76.0 Å². The molecule has 1 amide bonds. The summed E-state index contributed by atoms with van der Waals surface area (Å²) in [5.41, 5.74) is 5.23. The fourth-order valence-corrected chi connectivity index (χ4v) is 3.69. The maximum Gasteiger partial charge on any atom is 0.271 e. The van der Waals surface area contributed by atoms with E-state index in [1.807, 2.05) is 55.4 Å². The van der Waals surface area contributed by atoms with E-state index in [0.29, 0.717) is 11.3 Å². The van der Waals surface area contributed by atoms with E-state index in [1.54, 1.807) is 6.07 Å². The fraction of sp³-hybridized carbons (Fsp3) is 0.143. The number of halogens is 1. The van der Waals surface area contributed by atoms with E-state index in [2.05, 4.69) is 45.5 Å². The molecule has 1 aromatic heterocycles. The Balaban J connectivity index is 1.64. The Kier molecular flexibility index (Phi) is 6.59. The number of aryl methyl sites for hydroxylation is 1. The van der Waals surface area contributed by atoms with Crippen LogP contribution in [0.3, 0.4) is 0 Å². The molecule has 5 nitrogen and oxygen atoms in total. The van der Waals surface area contributed by atoms with Crippen molar-refractivity contribution in [2.24, 2.45) is 5.10 Å². The van der Waals surface area contributed by atoms with Gasteiger partial charge >= 0.3 is 0 Å². The van der Waals surface area contributed by atoms with Crippen LogP contribution in [0.1, 0.15) is 21.7 Å². The molecule has 3 aromatic rings. The minimum atomic E-state index is -0.278. The van der Waals surface area contributed by atoms with Gasteiger partial charge in [0.2, 0.25) is 0 Å². The third-order valence-corrected chi connectivity index (χ3v) is 5.74. The van der Waals surface area contributed by atoms with Gasteiger partial charge in [-0.1, -0.05) is 35.5 Å². The number of carbonyl (C=O) groups excluding carboxylic acids is 1. The van der Waals surface area contributed by atoms with Crippen LogP contribution in [0.4, 0.5) is 5.69 Å². The van der Waals surface area contributed by atoms with Gasteiger partial charge in [0.25, 0.3) is 5.91 Å². The van der Waals surface area contributed by atoms with Gasteiger partial charge in [-0.25, -0.2) is 5.43 Å². The van der Waals surface area contributed by atoms with E-state index in [-0.39, 0.29) is 5.91 Å². The summed E-state index contributed by atoms with van der Waals surface area (Å²) in [6.45, 7) is 2.05. The number of carbonyl (C=O) groups is 1. The molecule has 0 bridgehead atoms. The summed E-state index contributed by atoms with van der Waals surface area (Å²) in [4.78, 5) is 15.3. The molecular formula is C21H20BrN3O2S. The lowest BCUT2D eigenvalue weighted by molar-refractivity contribution is 0.0955. The van der Waals surface area contributed by atoms with Crippen LogP contribution in [0.2, 0.25) is 0 Å². The average Bonchev–Trinajstić information content (AvgIpc) is 3.03. The Morgan fingerprint density at radius 1 is 1.18 bits per heavy atom. The molecule has 1 N–H and O–H groups in total. The van der Waals surface area contributed by atoms with Crippen LogP contribution in [0.25, 0.3) is 0 Å². The molecule has 0 radical (unpaired) electrons. The molecule has 0 unspecified atom stereocenters. The number of furan rings is 1. The van der Waals surface area contributed by atoms with E-state index in [9.17, 15) is 4.79 Å². The normalized spacial score (nSPS) is 11.0. The number of nitrogens with zero attached hydrogens (tertiary/aromatic N) is 2. The number of nitrogens with one attached hydrogen (secondary N) is 1. The van der Waals surface area contributed by atoms with Gasteiger partial charge in [0, 0.05) is 36.3 Å². The number of amides is 1. The SMILES string of the molecule is Cc1ccc(Sc2oc(/C=N\NC(=O)c3cccc(N(C)C)c3)cc2Br)cc1. The lowest BCUT2D eigenvalue weighted by Crippen LogP contribution is -2.18. The van der Waals surface area contributed by atoms with Crippen molar-refractivity contribution >= 4 is 45.5 Å². The monoisotopic (exact) mass is 457 g/mol. The predicted octanol–water partition coefficient (Wildman–Crippen LogP) is 5.33. The van der Waals surface area contributed by atoms with Crippen LogP contribution < -0.4 is 10.3 Å². The molecule has 0 aliphatic carbocycles. The summed E-state index contributed by atoms with van der Waals surface area (Å²) >= 11 is 5.02. The largest absolute Gasteiger partial charge is 0.447 e. The van der Waals surface area contributed by atoms with Crippen molar-refractivity contribution in [3.63, 3.8) is 0 Å². The molecule has 0 fully saturated rings. The molecule has 3 rings (SSSR count). The Hall–Kier alpha value is -2.51. The van der Waals surface area contributed by atoms with Crippen molar-refractivity contribution < 1.29 is 9.21 Å². The van der Waals surface area contributed by atoms with Crippen LogP contribution in [0.15, 0.2) is 78.6 Å². The molecule has 0 atom stereocenters. The third kappa shape index (κ3) is 5.27. The molecule has 2 aromatic carbocycles. The van der Waals surface area contributed by atoms with Crippen LogP contribution in [0, 0.1) is 6.92 Å². The van der Waals surface area contributed by atoms with Gasteiger partial charge in [-0.15, -0.1) is 0 Å². The van der Waals surface area contributed by atoms with Crippen molar-refractivity contribution in [3.8, 4) is 0 Å². The van der Waals surface area contributed by atoms with Gasteiger partial charge in [-0.3, -0.25) is 4.79 Å². The number of hydrogen-bond acceptors (Lipinski definition) is 5. The first kappa shape index (κ1) is 20.2. The first-order chi connectivity index (χ1) is 13.4. The number of hydrazone groups is 1. The highest BCUT2D eigenvalue weighted by Crippen LogP contribution is 2.35. The zero-order chi connectivity index (χ0) is 20.1. The van der Waals surface area contributed by atoms with Gasteiger partial charge in [0.05, 0.1) is 10.7 Å². The zero-order valence-corrected chi connectivity index (χ0v) is 18.2. The van der Waals surface area contributed by atoms with E-state index in [0.717, 1.165) is 20.1 Å². The van der Waals surface area contributed by atoms with Gasteiger partial charge in [-0.2, -0.15) is 5.10 Å². The third-order valence-electron chi connectivity index (χ3n) is 3.89. The first-order valence-electron chi connectivity index (χ1n) is 8.57. The van der Waals surface area contributed by atoms with Crippen LogP contribution in [-0.4, -0.2) is 26.2 Å². The standard InChI is InChI=1S/C21H20BrN3O2S/c1-14-7-9-18(10-8-14)28-21-19(22)12-17(27-21)13-23-24-20(26)15-5-4-6-16(11-15)25(2)3/h4-13H,1-3H3,(H,24,26)/b23-13-. The summed E-state index contributed by atoms with van der Waals surface area (Å²) in [6.07, 6.45) is 1.48. The Bertz CT molecular complexity index is 997. The maximum absolute atomic E-state index is 12.3. The second-order valence-electron chi connectivity index (χ2n) is 6.34. The Labute approximate surface area is 176 Å². The van der Waals surface area contributed by atoms with Gasteiger partial charge in [-0.05, 0) is 53.2 Å². The van der Waals surface area contributed by atoms with Crippen molar-refractivity contribution in [1.82, 2.24) is 5.43 Å². The summed E-state index contributed by atoms with van der Waals surface area (Å²) in [5, 5.41) is 4.74. The quantitative estimate of drug-likeness (QED) is 0.401. The maximum atomic E-state index is 12.3. The highest BCUT2D eigenvalue weighted by atomic mass is 79.9. The molecule has 0 saturated carbocycles. The number of rotatable bonds is 6. The lowest BCUT2D eigenvalue weighted by atomic mass is 10.2. The molecule has 0 saturated heterocycles. The smallest absolute Gasteiger partial charge is 0.271 e. The molecule has 7 heteroatoms. The Morgan fingerprint density at radius 2 is 1.93 bits per heavy atom. The lowest BCUT2D eigenvalue weighted by Gasteiger charge is -2.12. The molecule has 144 valence electrons. The molecule has 0 spiro atoms. The van der Waals surface area contributed by atoms with E-state index in [4.69, 9.17) is 4.42 Å². The number of benzene rings is 2. The summed E-state index contributed by atoms with van der Waals surface area (Å²) < 4.78 is 6.63. The molecule has 1 heterocycles. The molecular weight excluding hydrogens is 438 g/mol. The summed E-state index contributed by atoms with van der Waals surface area (Å²) in [5.74, 6) is 0.267. The molecule has 0 aliphatic heterocycles. The molecule has 28 heavy (non-hydrogen) atoms. The highest BCUT2D eigenvalue weighted by molar-refractivity contribution is 9.10. The minimum absolute atomic E-state index is 0.278. The van der Waals surface area contributed by atoms with Crippen LogP contribution in [-0.2, 0) is 0 Å². The van der Waals surface area contributed by atoms with Gasteiger partial charge in [0.1, 0.15) is 5.76 Å². The second-order valence-corrected chi connectivity index (χ2v) is 8.24. The van der Waals surface area contributed by atoms with Gasteiger partial charge < -0.3 is 9.32 Å². The first-order valence-corrected chi connectivity index (χ1v) is 10.2. The van der Waals surface area contributed by atoms with Crippen LogP contribution in [0.5, 0.6) is 0 Å². The second kappa shape index (κ2) is 9.12. The number of anilines is 1.